The van der Waals surface area contributed by atoms with Crippen LogP contribution in [0, 0.1) is 5.82 Å². The predicted octanol–water partition coefficient (Wildman–Crippen LogP) is 6.41. The zero-order valence-electron chi connectivity index (χ0n) is 23.2. The maximum Gasteiger partial charge on any atom is 0.416 e. The van der Waals surface area contributed by atoms with Crippen molar-refractivity contribution in [1.82, 2.24) is 19.9 Å². The number of anilines is 1. The molecule has 12 heteroatoms. The van der Waals surface area contributed by atoms with Crippen molar-refractivity contribution in [2.24, 2.45) is 7.05 Å². The van der Waals surface area contributed by atoms with Crippen molar-refractivity contribution in [3.8, 4) is 22.8 Å². The highest BCUT2D eigenvalue weighted by Crippen LogP contribution is 2.29. The van der Waals surface area contributed by atoms with Gasteiger partial charge in [-0.2, -0.15) is 13.2 Å². The molecule has 2 N–H and O–H groups in total. The van der Waals surface area contributed by atoms with Gasteiger partial charge in [-0.1, -0.05) is 6.07 Å². The van der Waals surface area contributed by atoms with E-state index in [0.29, 0.717) is 22.9 Å². The van der Waals surface area contributed by atoms with Gasteiger partial charge < -0.3 is 19.9 Å². The third kappa shape index (κ3) is 7.65. The second-order valence-electron chi connectivity index (χ2n) is 9.81. The van der Waals surface area contributed by atoms with Crippen LogP contribution in [-0.2, 0) is 24.4 Å². The van der Waals surface area contributed by atoms with E-state index in [1.807, 2.05) is 0 Å². The summed E-state index contributed by atoms with van der Waals surface area (Å²) in [4.78, 5) is 35.0. The second kappa shape index (κ2) is 12.8. The summed E-state index contributed by atoms with van der Waals surface area (Å²) >= 11 is 0. The summed E-state index contributed by atoms with van der Waals surface area (Å²) in [7, 11) is 1.75. The van der Waals surface area contributed by atoms with Gasteiger partial charge in [0, 0.05) is 30.8 Å². The number of alkyl halides is 3. The molecule has 1 atom stereocenters. The van der Waals surface area contributed by atoms with Crippen LogP contribution in [-0.4, -0.2) is 32.4 Å². The summed E-state index contributed by atoms with van der Waals surface area (Å²) in [6, 6.07) is 20.3. The zero-order valence-corrected chi connectivity index (χ0v) is 23.2. The van der Waals surface area contributed by atoms with Gasteiger partial charge in [-0.05, 0) is 84.9 Å². The Labute approximate surface area is 249 Å². The van der Waals surface area contributed by atoms with Gasteiger partial charge in [-0.15, -0.1) is 0 Å². The molecule has 8 nitrogen and oxygen atoms in total. The lowest BCUT2D eigenvalue weighted by atomic mass is 10.1. The molecule has 0 aliphatic carbocycles. The third-order valence-electron chi connectivity index (χ3n) is 6.47. The Bertz CT molecular complexity index is 1750. The highest BCUT2D eigenvalue weighted by Gasteiger charge is 2.30. The van der Waals surface area contributed by atoms with Crippen LogP contribution in [0.3, 0.4) is 0 Å². The molecule has 2 amide bonds. The van der Waals surface area contributed by atoms with E-state index < -0.39 is 29.6 Å². The largest absolute Gasteiger partial charge is 0.457 e. The molecule has 0 aliphatic rings. The molecular weight excluding hydrogens is 578 g/mol. The fraction of sp³-hybridized carbons (Fsp3) is 0.125. The van der Waals surface area contributed by atoms with Crippen LogP contribution in [0.2, 0.25) is 0 Å². The minimum atomic E-state index is -4.54. The molecule has 0 unspecified atom stereocenters. The van der Waals surface area contributed by atoms with Crippen LogP contribution < -0.4 is 15.4 Å². The van der Waals surface area contributed by atoms with Crippen molar-refractivity contribution in [1.29, 1.82) is 0 Å². The molecule has 2 aromatic heterocycles. The number of ether oxygens (including phenoxy) is 1. The monoisotopic (exact) mass is 603 g/mol. The van der Waals surface area contributed by atoms with Gasteiger partial charge in [-0.25, -0.2) is 14.4 Å². The van der Waals surface area contributed by atoms with Crippen LogP contribution >= 0.6 is 0 Å². The summed E-state index contributed by atoms with van der Waals surface area (Å²) in [5, 5.41) is 5.31. The number of nitrogens with zero attached hydrogens (tertiary/aromatic N) is 3. The van der Waals surface area contributed by atoms with E-state index >= 15 is 0 Å². The number of aryl methyl sites for hydroxylation is 1. The minimum Gasteiger partial charge on any atom is -0.457 e. The van der Waals surface area contributed by atoms with Gasteiger partial charge in [-0.3, -0.25) is 9.59 Å². The molecule has 0 saturated carbocycles. The number of aromatic nitrogens is 3. The molecule has 3 aromatic carbocycles. The van der Waals surface area contributed by atoms with E-state index in [1.54, 1.807) is 66.6 Å². The molecular formula is C32H25F4N5O3. The van der Waals surface area contributed by atoms with E-state index in [1.165, 1.54) is 24.3 Å². The van der Waals surface area contributed by atoms with Gasteiger partial charge in [0.05, 0.1) is 23.3 Å². The SMILES string of the molecule is Cn1cnc(C[C@@H](NC(=O)c2ccc(C(F)(F)F)cc2)C(=O)Nc2cccc(-c3ccc(Oc4ccc(F)cc4)cc3)n2)c1. The lowest BCUT2D eigenvalue weighted by Gasteiger charge is -2.18. The van der Waals surface area contributed by atoms with Crippen molar-refractivity contribution in [3.05, 3.63) is 126 Å². The number of halogens is 4. The summed E-state index contributed by atoms with van der Waals surface area (Å²) < 4.78 is 59.4. The first-order chi connectivity index (χ1) is 21.0. The van der Waals surface area contributed by atoms with Gasteiger partial charge in [0.25, 0.3) is 5.91 Å². The maximum atomic E-state index is 13.4. The van der Waals surface area contributed by atoms with E-state index in [-0.39, 0.29) is 23.6 Å². The summed E-state index contributed by atoms with van der Waals surface area (Å²) in [5.41, 5.74) is 0.867. The van der Waals surface area contributed by atoms with Gasteiger partial charge >= 0.3 is 6.18 Å². The quantitative estimate of drug-likeness (QED) is 0.190. The van der Waals surface area contributed by atoms with Crippen molar-refractivity contribution in [2.45, 2.75) is 18.6 Å². The normalized spacial score (nSPS) is 11.9. The average molecular weight is 604 g/mol. The van der Waals surface area contributed by atoms with Crippen LogP contribution in [0.15, 0.2) is 104 Å². The van der Waals surface area contributed by atoms with Crippen LogP contribution in [0.1, 0.15) is 21.6 Å². The Kier molecular flexibility index (Phi) is 8.70. The van der Waals surface area contributed by atoms with E-state index in [4.69, 9.17) is 4.74 Å². The number of benzene rings is 3. The average Bonchev–Trinajstić information content (AvgIpc) is 3.42. The molecule has 0 saturated heterocycles. The van der Waals surface area contributed by atoms with E-state index in [2.05, 4.69) is 20.6 Å². The number of amides is 2. The van der Waals surface area contributed by atoms with Gasteiger partial charge in [0.15, 0.2) is 0 Å². The number of hydrogen-bond acceptors (Lipinski definition) is 5. The first kappa shape index (κ1) is 30.0. The molecule has 0 radical (unpaired) electrons. The van der Waals surface area contributed by atoms with E-state index in [0.717, 1.165) is 29.8 Å². The standard InChI is InChI=1S/C32H25F4N5O3/c1-41-18-24(37-19-41)17-28(39-30(42)21-5-9-22(10-6-21)32(34,35)36)31(43)40-29-4-2-3-27(38-29)20-7-13-25(14-8-20)44-26-15-11-23(33)12-16-26/h2-16,18-19,28H,17H2,1H3,(H,39,42)(H,38,40,43)/t28-/m1/s1. The Morgan fingerprint density at radius 3 is 2.18 bits per heavy atom. The zero-order chi connectivity index (χ0) is 31.3. The molecule has 2 heterocycles. The number of carbonyl (C=O) groups excluding carboxylic acids is 2. The van der Waals surface area contributed by atoms with Crippen LogP contribution in [0.5, 0.6) is 11.5 Å². The molecule has 0 spiro atoms. The summed E-state index contributed by atoms with van der Waals surface area (Å²) in [6.07, 6.45) is -1.29. The smallest absolute Gasteiger partial charge is 0.416 e. The Balaban J connectivity index is 1.30. The van der Waals surface area contributed by atoms with Gasteiger partial charge in [0.1, 0.15) is 29.2 Å². The van der Waals surface area contributed by atoms with Crippen molar-refractivity contribution < 1.29 is 31.9 Å². The fourth-order valence-corrected chi connectivity index (χ4v) is 4.25. The second-order valence-corrected chi connectivity index (χ2v) is 9.81. The first-order valence-electron chi connectivity index (χ1n) is 13.3. The molecule has 5 aromatic rings. The van der Waals surface area contributed by atoms with Crippen LogP contribution in [0.4, 0.5) is 23.4 Å². The topological polar surface area (TPSA) is 98.1 Å². The fourth-order valence-electron chi connectivity index (χ4n) is 4.25. The number of nitrogens with one attached hydrogen (secondary N) is 2. The van der Waals surface area contributed by atoms with Crippen molar-refractivity contribution in [2.75, 3.05) is 5.32 Å². The van der Waals surface area contributed by atoms with E-state index in [9.17, 15) is 27.2 Å². The molecule has 44 heavy (non-hydrogen) atoms. The number of imidazole rings is 1. The molecule has 0 bridgehead atoms. The molecule has 0 fully saturated rings. The number of rotatable bonds is 9. The lowest BCUT2D eigenvalue weighted by Crippen LogP contribution is -2.45. The highest BCUT2D eigenvalue weighted by atomic mass is 19.4. The van der Waals surface area contributed by atoms with Crippen molar-refractivity contribution >= 4 is 17.6 Å². The number of pyridine rings is 1. The number of hydrogen-bond donors (Lipinski definition) is 2. The lowest BCUT2D eigenvalue weighted by molar-refractivity contribution is -0.137. The minimum absolute atomic E-state index is 0.0221. The Hall–Kier alpha value is -5.52. The molecule has 224 valence electrons. The summed E-state index contributed by atoms with van der Waals surface area (Å²) in [5.74, 6) is -0.453. The molecule has 0 aliphatic heterocycles. The summed E-state index contributed by atoms with van der Waals surface area (Å²) in [6.45, 7) is 0. The highest BCUT2D eigenvalue weighted by molar-refractivity contribution is 6.01. The van der Waals surface area contributed by atoms with Gasteiger partial charge in [0.2, 0.25) is 5.91 Å². The predicted molar refractivity (Wildman–Crippen MR) is 154 cm³/mol. The number of carbonyl (C=O) groups is 2. The Morgan fingerprint density at radius 1 is 0.909 bits per heavy atom. The first-order valence-corrected chi connectivity index (χ1v) is 13.3. The maximum absolute atomic E-state index is 13.4. The Morgan fingerprint density at radius 2 is 1.57 bits per heavy atom. The molecule has 5 rings (SSSR count). The van der Waals surface area contributed by atoms with Crippen molar-refractivity contribution in [3.63, 3.8) is 0 Å². The van der Waals surface area contributed by atoms with Crippen LogP contribution in [0.25, 0.3) is 11.3 Å². The third-order valence-corrected chi connectivity index (χ3v) is 6.47.